The minimum Gasteiger partial charge on any atom is -0.385 e. The fraction of sp³-hybridized carbons (Fsp3) is 0.615. The molecular weight excluding hydrogens is 216 g/mol. The minimum absolute atomic E-state index is 0.412. The molecule has 0 radical (unpaired) electrons. The van der Waals surface area contributed by atoms with Gasteiger partial charge >= 0.3 is 0 Å². The maximum Gasteiger partial charge on any atom is 0.0619 e. The molecule has 1 heterocycles. The van der Waals surface area contributed by atoms with Crippen molar-refractivity contribution in [2.45, 2.75) is 45.6 Å². The smallest absolute Gasteiger partial charge is 0.0619 e. The maximum atomic E-state index is 4.92. The second-order valence-electron chi connectivity index (χ2n) is 4.24. The van der Waals surface area contributed by atoms with Gasteiger partial charge in [0.15, 0.2) is 0 Å². The number of nitrogens with one attached hydrogen (secondary N) is 2. The maximum absolute atomic E-state index is 4.92. The molecule has 1 aliphatic heterocycles. The molecule has 1 saturated heterocycles. The van der Waals surface area contributed by atoms with Gasteiger partial charge in [0.1, 0.15) is 0 Å². The Bertz CT molecular complexity index is 294. The van der Waals surface area contributed by atoms with Crippen molar-refractivity contribution >= 4 is 17.7 Å². The highest BCUT2D eigenvalue weighted by atomic mass is 32.1. The molecule has 1 aliphatic rings. The minimum atomic E-state index is 0.412. The van der Waals surface area contributed by atoms with Crippen molar-refractivity contribution in [2.75, 3.05) is 6.54 Å². The van der Waals surface area contributed by atoms with Gasteiger partial charge in [0.05, 0.1) is 5.49 Å². The zero-order chi connectivity index (χ0) is 12.0. The number of thiocarbonyl (C=S) groups is 1. The van der Waals surface area contributed by atoms with Gasteiger partial charge in [-0.3, -0.25) is 0 Å². The van der Waals surface area contributed by atoms with Crippen LogP contribution in [0.15, 0.2) is 23.4 Å². The van der Waals surface area contributed by atoms with E-state index in [4.69, 9.17) is 12.2 Å². The Hall–Kier alpha value is -0.830. The van der Waals surface area contributed by atoms with Crippen molar-refractivity contribution in [1.29, 1.82) is 0 Å². The first-order chi connectivity index (χ1) is 7.72. The first kappa shape index (κ1) is 13.2. The van der Waals surface area contributed by atoms with Gasteiger partial charge in [-0.2, -0.15) is 0 Å². The molecule has 1 rings (SSSR count). The molecule has 3 heteroatoms. The summed E-state index contributed by atoms with van der Waals surface area (Å²) in [5.74, 6) is 0. The topological polar surface area (TPSA) is 24.1 Å². The van der Waals surface area contributed by atoms with E-state index in [0.29, 0.717) is 6.04 Å². The van der Waals surface area contributed by atoms with Crippen molar-refractivity contribution in [2.24, 2.45) is 0 Å². The second kappa shape index (κ2) is 6.69. The summed E-state index contributed by atoms with van der Waals surface area (Å²) >= 11 is 4.92. The summed E-state index contributed by atoms with van der Waals surface area (Å²) in [4.78, 5) is 0. The van der Waals surface area contributed by atoms with Crippen LogP contribution in [0.1, 0.15) is 39.5 Å². The van der Waals surface area contributed by atoms with Gasteiger partial charge in [0, 0.05) is 24.7 Å². The highest BCUT2D eigenvalue weighted by molar-refractivity contribution is 7.78. The summed E-state index contributed by atoms with van der Waals surface area (Å²) < 4.78 is 0. The zero-order valence-electron chi connectivity index (χ0n) is 10.3. The third-order valence-corrected chi connectivity index (χ3v) is 3.22. The highest BCUT2D eigenvalue weighted by Crippen LogP contribution is 2.24. The van der Waals surface area contributed by atoms with E-state index in [0.717, 1.165) is 31.5 Å². The lowest BCUT2D eigenvalue weighted by Gasteiger charge is -2.21. The van der Waals surface area contributed by atoms with Crippen LogP contribution in [0.2, 0.25) is 0 Å². The normalized spacial score (nSPS) is 20.2. The largest absolute Gasteiger partial charge is 0.385 e. The Labute approximate surface area is 104 Å². The molecule has 0 aromatic carbocycles. The Balaban J connectivity index is 2.84. The molecule has 0 spiro atoms. The highest BCUT2D eigenvalue weighted by Gasteiger charge is 2.19. The van der Waals surface area contributed by atoms with Crippen LogP contribution in [0.3, 0.4) is 0 Å². The van der Waals surface area contributed by atoms with Crippen LogP contribution in [0.5, 0.6) is 0 Å². The summed E-state index contributed by atoms with van der Waals surface area (Å²) in [5.41, 5.74) is 5.79. The van der Waals surface area contributed by atoms with Crippen LogP contribution in [0, 0.1) is 0 Å². The standard InChI is InChI=1S/C13H22N2S/c1-4-6-13(15-9-16)12(5-2)11-7-10(3)14-8-11/h9,13-14H,3-8H2,1-2H3,(H,15,16)/b12-11-. The van der Waals surface area contributed by atoms with Crippen molar-refractivity contribution in [3.8, 4) is 0 Å². The average molecular weight is 238 g/mol. The van der Waals surface area contributed by atoms with E-state index in [-0.39, 0.29) is 0 Å². The van der Waals surface area contributed by atoms with Crippen molar-refractivity contribution in [3.63, 3.8) is 0 Å². The van der Waals surface area contributed by atoms with E-state index < -0.39 is 0 Å². The summed E-state index contributed by atoms with van der Waals surface area (Å²) in [6.07, 6.45) is 4.41. The fourth-order valence-electron chi connectivity index (χ4n) is 2.31. The molecule has 1 unspecified atom stereocenters. The third kappa shape index (κ3) is 3.34. The van der Waals surface area contributed by atoms with Crippen molar-refractivity contribution in [3.05, 3.63) is 23.4 Å². The molecule has 2 nitrogen and oxygen atoms in total. The first-order valence-electron chi connectivity index (χ1n) is 6.05. The molecule has 0 aromatic rings. The van der Waals surface area contributed by atoms with E-state index >= 15 is 0 Å². The van der Waals surface area contributed by atoms with E-state index in [2.05, 4.69) is 31.1 Å². The molecule has 0 bridgehead atoms. The Kier molecular flexibility index (Phi) is 5.53. The lowest BCUT2D eigenvalue weighted by molar-refractivity contribution is 0.604. The third-order valence-electron chi connectivity index (χ3n) is 3.08. The van der Waals surface area contributed by atoms with Crippen LogP contribution in [0.25, 0.3) is 0 Å². The first-order valence-corrected chi connectivity index (χ1v) is 6.52. The van der Waals surface area contributed by atoms with Crippen LogP contribution in [-0.2, 0) is 0 Å². The lowest BCUT2D eigenvalue weighted by atomic mass is 9.94. The molecular formula is C13H22N2S. The summed E-state index contributed by atoms with van der Waals surface area (Å²) in [7, 11) is 0. The van der Waals surface area contributed by atoms with Crippen LogP contribution in [-0.4, -0.2) is 18.1 Å². The summed E-state index contributed by atoms with van der Waals surface area (Å²) in [5, 5.41) is 6.61. The predicted molar refractivity (Wildman–Crippen MR) is 74.6 cm³/mol. The van der Waals surface area contributed by atoms with Crippen molar-refractivity contribution in [1.82, 2.24) is 10.6 Å². The molecule has 2 N–H and O–H groups in total. The number of hydrogen-bond donors (Lipinski definition) is 2. The summed E-state index contributed by atoms with van der Waals surface area (Å²) in [6, 6.07) is 0.412. The van der Waals surface area contributed by atoms with Crippen LogP contribution in [0.4, 0.5) is 0 Å². The second-order valence-corrected chi connectivity index (χ2v) is 4.48. The van der Waals surface area contributed by atoms with Gasteiger partial charge in [-0.05, 0) is 24.0 Å². The van der Waals surface area contributed by atoms with E-state index in [1.807, 2.05) is 0 Å². The molecule has 90 valence electrons. The number of hydrogen-bond acceptors (Lipinski definition) is 2. The molecule has 1 atom stereocenters. The van der Waals surface area contributed by atoms with Gasteiger partial charge in [0.2, 0.25) is 0 Å². The van der Waals surface area contributed by atoms with Gasteiger partial charge in [-0.25, -0.2) is 0 Å². The van der Waals surface area contributed by atoms with Gasteiger partial charge < -0.3 is 10.6 Å². The van der Waals surface area contributed by atoms with E-state index in [1.165, 1.54) is 17.6 Å². The molecule has 0 aliphatic carbocycles. The van der Waals surface area contributed by atoms with Gasteiger partial charge in [-0.15, -0.1) is 0 Å². The van der Waals surface area contributed by atoms with E-state index in [9.17, 15) is 0 Å². The molecule has 0 amide bonds. The SMILES string of the molecule is C=C1C/C(=C(\CC)C(CCC)NC=S)CN1. The molecule has 0 aromatic heterocycles. The predicted octanol–water partition coefficient (Wildman–Crippen LogP) is 2.92. The number of allylic oxidation sites excluding steroid dienone is 1. The van der Waals surface area contributed by atoms with Crippen molar-refractivity contribution < 1.29 is 0 Å². The van der Waals surface area contributed by atoms with Crippen LogP contribution < -0.4 is 10.6 Å². The van der Waals surface area contributed by atoms with E-state index in [1.54, 1.807) is 5.49 Å². The van der Waals surface area contributed by atoms with Gasteiger partial charge in [-0.1, -0.05) is 39.1 Å². The van der Waals surface area contributed by atoms with Crippen LogP contribution >= 0.6 is 12.2 Å². The lowest BCUT2D eigenvalue weighted by Crippen LogP contribution is -2.30. The average Bonchev–Trinajstić information content (AvgIpc) is 2.67. The molecule has 16 heavy (non-hydrogen) atoms. The Morgan fingerprint density at radius 3 is 2.81 bits per heavy atom. The zero-order valence-corrected chi connectivity index (χ0v) is 11.1. The number of rotatable bonds is 6. The Morgan fingerprint density at radius 2 is 2.38 bits per heavy atom. The van der Waals surface area contributed by atoms with Gasteiger partial charge in [0.25, 0.3) is 0 Å². The Morgan fingerprint density at radius 1 is 1.62 bits per heavy atom. The summed E-state index contributed by atoms with van der Waals surface area (Å²) in [6.45, 7) is 9.37. The fourth-order valence-corrected chi connectivity index (χ4v) is 2.48. The monoisotopic (exact) mass is 238 g/mol. The molecule has 1 fully saturated rings. The quantitative estimate of drug-likeness (QED) is 0.549. The molecule has 0 saturated carbocycles.